The summed E-state index contributed by atoms with van der Waals surface area (Å²) in [4.78, 5) is 28.1. The fourth-order valence-electron chi connectivity index (χ4n) is 3.07. The maximum atomic E-state index is 12.3. The van der Waals surface area contributed by atoms with Crippen LogP contribution in [0.4, 0.5) is 0 Å². The topological polar surface area (TPSA) is 40.6 Å². The van der Waals surface area contributed by atoms with Crippen LogP contribution in [-0.2, 0) is 16.0 Å². The van der Waals surface area contributed by atoms with Crippen molar-refractivity contribution < 1.29 is 9.59 Å². The van der Waals surface area contributed by atoms with Gasteiger partial charge in [-0.15, -0.1) is 0 Å². The summed E-state index contributed by atoms with van der Waals surface area (Å²) in [7, 11) is 0. The number of hydrogen-bond donors (Lipinski definition) is 0. The van der Waals surface area contributed by atoms with Gasteiger partial charge in [-0.25, -0.2) is 0 Å². The molecule has 1 saturated heterocycles. The van der Waals surface area contributed by atoms with Gasteiger partial charge in [0.25, 0.3) is 0 Å². The van der Waals surface area contributed by atoms with Crippen LogP contribution in [0, 0.1) is 5.92 Å². The summed E-state index contributed by atoms with van der Waals surface area (Å²) in [5.41, 5.74) is 1.30. The lowest BCUT2D eigenvalue weighted by Gasteiger charge is -2.22. The van der Waals surface area contributed by atoms with Crippen LogP contribution >= 0.6 is 0 Å². The summed E-state index contributed by atoms with van der Waals surface area (Å²) in [5, 5.41) is 0. The lowest BCUT2D eigenvalue weighted by Crippen LogP contribution is -2.37. The third-order valence-electron chi connectivity index (χ3n) is 4.38. The van der Waals surface area contributed by atoms with Crippen LogP contribution in [0.1, 0.15) is 32.3 Å². The Morgan fingerprint density at radius 1 is 1.23 bits per heavy atom. The predicted molar refractivity (Wildman–Crippen MR) is 87.4 cm³/mol. The molecule has 4 nitrogen and oxygen atoms in total. The Hall–Kier alpha value is -1.84. The Kier molecular flexibility index (Phi) is 5.99. The minimum absolute atomic E-state index is 0.124. The Labute approximate surface area is 133 Å². The number of hydrogen-bond acceptors (Lipinski definition) is 2. The molecule has 1 aromatic carbocycles. The SMILES string of the molecule is CCN(CC)C(=O)C1CC(=O)N(CCCc2ccccc2)C1. The summed E-state index contributed by atoms with van der Waals surface area (Å²) in [5.74, 6) is 0.103. The molecular weight excluding hydrogens is 276 g/mol. The highest BCUT2D eigenvalue weighted by Gasteiger charge is 2.35. The highest BCUT2D eigenvalue weighted by Crippen LogP contribution is 2.20. The van der Waals surface area contributed by atoms with E-state index in [0.717, 1.165) is 19.4 Å². The van der Waals surface area contributed by atoms with Crippen molar-refractivity contribution in [1.82, 2.24) is 9.80 Å². The molecule has 0 saturated carbocycles. The van der Waals surface area contributed by atoms with E-state index in [4.69, 9.17) is 0 Å². The number of amides is 2. The van der Waals surface area contributed by atoms with Crippen LogP contribution in [0.3, 0.4) is 0 Å². The summed E-state index contributed by atoms with van der Waals surface area (Å²) >= 11 is 0. The zero-order valence-electron chi connectivity index (χ0n) is 13.6. The van der Waals surface area contributed by atoms with Crippen LogP contribution < -0.4 is 0 Å². The van der Waals surface area contributed by atoms with Crippen LogP contribution in [0.5, 0.6) is 0 Å². The van der Waals surface area contributed by atoms with Gasteiger partial charge in [0.15, 0.2) is 0 Å². The van der Waals surface area contributed by atoms with E-state index in [0.29, 0.717) is 26.1 Å². The van der Waals surface area contributed by atoms with Gasteiger partial charge in [-0.2, -0.15) is 0 Å². The fraction of sp³-hybridized carbons (Fsp3) is 0.556. The van der Waals surface area contributed by atoms with Gasteiger partial charge in [-0.3, -0.25) is 9.59 Å². The Morgan fingerprint density at radius 3 is 2.55 bits per heavy atom. The van der Waals surface area contributed by atoms with Gasteiger partial charge in [0.2, 0.25) is 11.8 Å². The quantitative estimate of drug-likeness (QED) is 0.775. The molecule has 4 heteroatoms. The average molecular weight is 302 g/mol. The van der Waals surface area contributed by atoms with Crippen LogP contribution in [-0.4, -0.2) is 47.8 Å². The van der Waals surface area contributed by atoms with Crippen molar-refractivity contribution in [2.45, 2.75) is 33.1 Å². The van der Waals surface area contributed by atoms with E-state index < -0.39 is 0 Å². The molecular formula is C18H26N2O2. The minimum atomic E-state index is -0.149. The first-order valence-electron chi connectivity index (χ1n) is 8.26. The van der Waals surface area contributed by atoms with Crippen LogP contribution in [0.2, 0.25) is 0 Å². The van der Waals surface area contributed by atoms with E-state index in [1.54, 1.807) is 0 Å². The normalized spacial score (nSPS) is 17.8. The summed E-state index contributed by atoms with van der Waals surface area (Å²) in [6, 6.07) is 10.3. The zero-order valence-corrected chi connectivity index (χ0v) is 13.6. The lowest BCUT2D eigenvalue weighted by atomic mass is 10.1. The van der Waals surface area contributed by atoms with Crippen LogP contribution in [0.25, 0.3) is 0 Å². The molecule has 0 aliphatic carbocycles. The Bertz CT molecular complexity index is 497. The van der Waals surface area contributed by atoms with Gasteiger partial charge >= 0.3 is 0 Å². The molecule has 1 aliphatic heterocycles. The molecule has 1 heterocycles. The molecule has 2 rings (SSSR count). The Balaban J connectivity index is 1.81. The monoisotopic (exact) mass is 302 g/mol. The number of aryl methyl sites for hydroxylation is 1. The second kappa shape index (κ2) is 7.97. The molecule has 22 heavy (non-hydrogen) atoms. The standard InChI is InChI=1S/C18H26N2O2/c1-3-19(4-2)18(22)16-13-17(21)20(14-16)12-8-11-15-9-6-5-7-10-15/h5-7,9-10,16H,3-4,8,11-14H2,1-2H3. The molecule has 1 atom stereocenters. The molecule has 1 fully saturated rings. The lowest BCUT2D eigenvalue weighted by molar-refractivity contribution is -0.135. The van der Waals surface area contributed by atoms with Gasteiger partial charge < -0.3 is 9.80 Å². The van der Waals surface area contributed by atoms with Gasteiger partial charge in [0.05, 0.1) is 5.92 Å². The molecule has 2 amide bonds. The molecule has 1 unspecified atom stereocenters. The van der Waals surface area contributed by atoms with Crippen molar-refractivity contribution in [2.75, 3.05) is 26.2 Å². The van der Waals surface area contributed by atoms with Crippen molar-refractivity contribution >= 4 is 11.8 Å². The molecule has 0 spiro atoms. The number of carbonyl (C=O) groups excluding carboxylic acids is 2. The third-order valence-corrected chi connectivity index (χ3v) is 4.38. The van der Waals surface area contributed by atoms with Gasteiger partial charge in [-0.1, -0.05) is 30.3 Å². The van der Waals surface area contributed by atoms with E-state index in [2.05, 4.69) is 12.1 Å². The summed E-state index contributed by atoms with van der Waals surface area (Å²) < 4.78 is 0. The molecule has 1 aromatic rings. The van der Waals surface area contributed by atoms with Crippen molar-refractivity contribution in [3.63, 3.8) is 0 Å². The fourth-order valence-corrected chi connectivity index (χ4v) is 3.07. The largest absolute Gasteiger partial charge is 0.343 e. The smallest absolute Gasteiger partial charge is 0.227 e. The molecule has 120 valence electrons. The number of nitrogens with zero attached hydrogens (tertiary/aromatic N) is 2. The summed E-state index contributed by atoms with van der Waals surface area (Å²) in [6.07, 6.45) is 2.29. The van der Waals surface area contributed by atoms with E-state index in [-0.39, 0.29) is 17.7 Å². The van der Waals surface area contributed by atoms with Crippen LogP contribution in [0.15, 0.2) is 30.3 Å². The molecule has 0 aromatic heterocycles. The van der Waals surface area contributed by atoms with E-state index in [9.17, 15) is 9.59 Å². The molecule has 0 radical (unpaired) electrons. The predicted octanol–water partition coefficient (Wildman–Crippen LogP) is 2.34. The second-order valence-corrected chi connectivity index (χ2v) is 5.84. The maximum absolute atomic E-state index is 12.3. The first-order valence-corrected chi connectivity index (χ1v) is 8.26. The van der Waals surface area contributed by atoms with Crippen molar-refractivity contribution in [3.8, 4) is 0 Å². The zero-order chi connectivity index (χ0) is 15.9. The van der Waals surface area contributed by atoms with Gasteiger partial charge in [0.1, 0.15) is 0 Å². The second-order valence-electron chi connectivity index (χ2n) is 5.84. The van der Waals surface area contributed by atoms with Crippen molar-refractivity contribution in [2.24, 2.45) is 5.92 Å². The number of benzene rings is 1. The summed E-state index contributed by atoms with van der Waals surface area (Å²) in [6.45, 7) is 6.73. The van der Waals surface area contributed by atoms with Crippen molar-refractivity contribution in [3.05, 3.63) is 35.9 Å². The van der Waals surface area contributed by atoms with Gasteiger partial charge in [-0.05, 0) is 32.3 Å². The van der Waals surface area contributed by atoms with E-state index in [1.807, 2.05) is 41.8 Å². The van der Waals surface area contributed by atoms with Crippen molar-refractivity contribution in [1.29, 1.82) is 0 Å². The number of carbonyl (C=O) groups is 2. The first-order chi connectivity index (χ1) is 10.7. The van der Waals surface area contributed by atoms with E-state index in [1.165, 1.54) is 5.56 Å². The maximum Gasteiger partial charge on any atom is 0.227 e. The van der Waals surface area contributed by atoms with Gasteiger partial charge in [0, 0.05) is 32.6 Å². The highest BCUT2D eigenvalue weighted by atomic mass is 16.2. The Morgan fingerprint density at radius 2 is 1.91 bits per heavy atom. The third kappa shape index (κ3) is 4.09. The highest BCUT2D eigenvalue weighted by molar-refractivity contribution is 5.89. The van der Waals surface area contributed by atoms with E-state index >= 15 is 0 Å². The molecule has 0 N–H and O–H groups in total. The molecule has 1 aliphatic rings. The average Bonchev–Trinajstić information content (AvgIpc) is 2.91. The molecule has 0 bridgehead atoms. The first kappa shape index (κ1) is 16.5. The number of likely N-dealkylation sites (tertiary alicyclic amines) is 1. The minimum Gasteiger partial charge on any atom is -0.343 e. The number of rotatable bonds is 7.